The molecule has 0 unspecified atom stereocenters. The number of benzene rings is 2. The van der Waals surface area contributed by atoms with Gasteiger partial charge in [0.1, 0.15) is 11.6 Å². The molecule has 0 aliphatic rings. The van der Waals surface area contributed by atoms with Crippen molar-refractivity contribution < 1.29 is 13.6 Å². The summed E-state index contributed by atoms with van der Waals surface area (Å²) in [7, 11) is 0. The van der Waals surface area contributed by atoms with Gasteiger partial charge in [-0.15, -0.1) is 0 Å². The fraction of sp³-hybridized carbons (Fsp3) is 0.0714. The molecule has 0 bridgehead atoms. The Morgan fingerprint density at radius 3 is 2.44 bits per heavy atom. The molecule has 2 rings (SSSR count). The Kier molecular flexibility index (Phi) is 3.10. The van der Waals surface area contributed by atoms with Crippen molar-refractivity contribution in [3.63, 3.8) is 0 Å². The van der Waals surface area contributed by atoms with E-state index in [9.17, 15) is 13.6 Å². The summed E-state index contributed by atoms with van der Waals surface area (Å²) in [6, 6.07) is 7.50. The van der Waals surface area contributed by atoms with Crippen LogP contribution in [-0.2, 0) is 0 Å². The summed E-state index contributed by atoms with van der Waals surface area (Å²) >= 11 is 0. The third kappa shape index (κ3) is 2.37. The molecular formula is C14H11F2NO. The van der Waals surface area contributed by atoms with Gasteiger partial charge in [-0.2, -0.15) is 0 Å². The molecule has 0 saturated heterocycles. The second-order valence-electron chi connectivity index (χ2n) is 4.08. The molecular weight excluding hydrogens is 236 g/mol. The van der Waals surface area contributed by atoms with E-state index in [4.69, 9.17) is 5.73 Å². The zero-order valence-electron chi connectivity index (χ0n) is 9.71. The van der Waals surface area contributed by atoms with Crippen LogP contribution >= 0.6 is 0 Å². The van der Waals surface area contributed by atoms with E-state index in [1.165, 1.54) is 24.3 Å². The molecule has 0 aromatic heterocycles. The van der Waals surface area contributed by atoms with Gasteiger partial charge in [0.2, 0.25) is 0 Å². The largest absolute Gasteiger partial charge is 0.398 e. The molecule has 0 amide bonds. The number of ketones is 1. The minimum absolute atomic E-state index is 0.0417. The lowest BCUT2D eigenvalue weighted by Crippen LogP contribution is -2.06. The fourth-order valence-corrected chi connectivity index (χ4v) is 1.75. The lowest BCUT2D eigenvalue weighted by Gasteiger charge is -2.06. The number of nitrogen functional groups attached to an aromatic ring is 1. The van der Waals surface area contributed by atoms with Crippen LogP contribution < -0.4 is 5.73 Å². The summed E-state index contributed by atoms with van der Waals surface area (Å²) in [6.07, 6.45) is 0. The molecule has 0 fully saturated rings. The molecule has 0 aliphatic carbocycles. The van der Waals surface area contributed by atoms with Crippen molar-refractivity contribution in [2.24, 2.45) is 0 Å². The third-order valence-corrected chi connectivity index (χ3v) is 2.56. The lowest BCUT2D eigenvalue weighted by atomic mass is 10.00. The van der Waals surface area contributed by atoms with Crippen LogP contribution in [0.15, 0.2) is 36.4 Å². The highest BCUT2D eigenvalue weighted by molar-refractivity contribution is 6.12. The molecule has 0 saturated carbocycles. The molecule has 0 radical (unpaired) electrons. The predicted molar refractivity (Wildman–Crippen MR) is 65.4 cm³/mol. The topological polar surface area (TPSA) is 43.1 Å². The lowest BCUT2D eigenvalue weighted by molar-refractivity contribution is 0.103. The summed E-state index contributed by atoms with van der Waals surface area (Å²) < 4.78 is 26.3. The molecule has 0 spiro atoms. The van der Waals surface area contributed by atoms with Gasteiger partial charge in [0, 0.05) is 16.8 Å². The van der Waals surface area contributed by atoms with E-state index in [-0.39, 0.29) is 16.8 Å². The van der Waals surface area contributed by atoms with Crippen molar-refractivity contribution in [1.82, 2.24) is 0 Å². The number of nitrogens with two attached hydrogens (primary N) is 1. The smallest absolute Gasteiger partial charge is 0.195 e. The number of hydrogen-bond acceptors (Lipinski definition) is 2. The van der Waals surface area contributed by atoms with Crippen LogP contribution in [0.2, 0.25) is 0 Å². The Hall–Kier alpha value is -2.23. The molecule has 4 heteroatoms. The van der Waals surface area contributed by atoms with E-state index >= 15 is 0 Å². The van der Waals surface area contributed by atoms with Crippen LogP contribution in [0.25, 0.3) is 0 Å². The molecule has 2 aromatic carbocycles. The Balaban J connectivity index is 2.51. The zero-order valence-corrected chi connectivity index (χ0v) is 9.71. The van der Waals surface area contributed by atoms with E-state index in [2.05, 4.69) is 0 Å². The predicted octanol–water partition coefficient (Wildman–Crippen LogP) is 3.09. The molecule has 2 nitrogen and oxygen atoms in total. The van der Waals surface area contributed by atoms with Crippen molar-refractivity contribution >= 4 is 11.5 Å². The number of rotatable bonds is 2. The number of aryl methyl sites for hydroxylation is 1. The van der Waals surface area contributed by atoms with Crippen LogP contribution in [0, 0.1) is 18.6 Å². The van der Waals surface area contributed by atoms with E-state index in [1.54, 1.807) is 6.92 Å². The highest BCUT2D eigenvalue weighted by Crippen LogP contribution is 2.19. The molecule has 0 aliphatic heterocycles. The number of carbonyl (C=O) groups excluding carboxylic acids is 1. The first-order valence-corrected chi connectivity index (χ1v) is 5.34. The van der Waals surface area contributed by atoms with Gasteiger partial charge in [0.05, 0.1) is 0 Å². The zero-order chi connectivity index (χ0) is 13.3. The average molecular weight is 247 g/mol. The second-order valence-corrected chi connectivity index (χ2v) is 4.08. The third-order valence-electron chi connectivity index (χ3n) is 2.56. The van der Waals surface area contributed by atoms with Gasteiger partial charge in [-0.1, -0.05) is 0 Å². The summed E-state index contributed by atoms with van der Waals surface area (Å²) in [4.78, 5) is 12.1. The van der Waals surface area contributed by atoms with E-state index in [1.807, 2.05) is 0 Å². The second kappa shape index (κ2) is 4.56. The standard InChI is InChI=1S/C14H11F2NO/c1-8-4-9(6-11(16)5-8)14(18)12-7-10(15)2-3-13(12)17/h2-7H,17H2,1H3. The maximum Gasteiger partial charge on any atom is 0.195 e. The number of hydrogen-bond donors (Lipinski definition) is 1. The first-order chi connectivity index (χ1) is 8.47. The minimum atomic E-state index is -0.555. The first kappa shape index (κ1) is 12.2. The van der Waals surface area contributed by atoms with Gasteiger partial charge in [0.25, 0.3) is 0 Å². The summed E-state index contributed by atoms with van der Waals surface area (Å²) in [5, 5.41) is 0. The van der Waals surface area contributed by atoms with Gasteiger partial charge < -0.3 is 5.73 Å². The Labute approximate surface area is 103 Å². The van der Waals surface area contributed by atoms with Gasteiger partial charge in [0.15, 0.2) is 5.78 Å². The SMILES string of the molecule is Cc1cc(F)cc(C(=O)c2cc(F)ccc2N)c1. The molecule has 2 aromatic rings. The monoisotopic (exact) mass is 247 g/mol. The summed E-state index contributed by atoms with van der Waals surface area (Å²) in [5.41, 5.74) is 6.61. The minimum Gasteiger partial charge on any atom is -0.398 e. The van der Waals surface area contributed by atoms with Gasteiger partial charge >= 0.3 is 0 Å². The molecule has 2 N–H and O–H groups in total. The number of anilines is 1. The van der Waals surface area contributed by atoms with Gasteiger partial charge in [-0.05, 0) is 48.9 Å². The van der Waals surface area contributed by atoms with Crippen molar-refractivity contribution in [2.45, 2.75) is 6.92 Å². The van der Waals surface area contributed by atoms with Crippen LogP contribution in [0.1, 0.15) is 21.5 Å². The fourth-order valence-electron chi connectivity index (χ4n) is 1.75. The maximum atomic E-state index is 13.2. The van der Waals surface area contributed by atoms with E-state index < -0.39 is 17.4 Å². The summed E-state index contributed by atoms with van der Waals surface area (Å²) in [5.74, 6) is -1.55. The van der Waals surface area contributed by atoms with Crippen LogP contribution in [0.5, 0.6) is 0 Å². The van der Waals surface area contributed by atoms with Crippen LogP contribution in [0.4, 0.5) is 14.5 Å². The molecule has 18 heavy (non-hydrogen) atoms. The highest BCUT2D eigenvalue weighted by atomic mass is 19.1. The highest BCUT2D eigenvalue weighted by Gasteiger charge is 2.14. The van der Waals surface area contributed by atoms with E-state index in [0.29, 0.717) is 5.56 Å². The first-order valence-electron chi connectivity index (χ1n) is 5.34. The molecule has 0 heterocycles. The van der Waals surface area contributed by atoms with Crippen molar-refractivity contribution in [2.75, 3.05) is 5.73 Å². The van der Waals surface area contributed by atoms with Crippen molar-refractivity contribution in [3.8, 4) is 0 Å². The van der Waals surface area contributed by atoms with E-state index in [0.717, 1.165) is 12.1 Å². The average Bonchev–Trinajstić information content (AvgIpc) is 2.30. The number of carbonyl (C=O) groups is 1. The quantitative estimate of drug-likeness (QED) is 0.654. The summed E-state index contributed by atoms with van der Waals surface area (Å²) in [6.45, 7) is 1.68. The van der Waals surface area contributed by atoms with Crippen molar-refractivity contribution in [3.05, 3.63) is 64.7 Å². The van der Waals surface area contributed by atoms with Crippen LogP contribution in [0.3, 0.4) is 0 Å². The maximum absolute atomic E-state index is 13.2. The Morgan fingerprint density at radius 2 is 1.78 bits per heavy atom. The Bertz CT molecular complexity index is 603. The molecule has 0 atom stereocenters. The normalized spacial score (nSPS) is 10.4. The van der Waals surface area contributed by atoms with Crippen LogP contribution in [-0.4, -0.2) is 5.78 Å². The van der Waals surface area contributed by atoms with Gasteiger partial charge in [-0.3, -0.25) is 4.79 Å². The van der Waals surface area contributed by atoms with Crippen molar-refractivity contribution in [1.29, 1.82) is 0 Å². The van der Waals surface area contributed by atoms with Gasteiger partial charge in [-0.25, -0.2) is 8.78 Å². The Morgan fingerprint density at radius 1 is 1.06 bits per heavy atom. The number of halogens is 2. The molecule has 92 valence electrons.